The quantitative estimate of drug-likeness (QED) is 0.277. The maximum absolute atomic E-state index is 12.5. The van der Waals surface area contributed by atoms with Crippen LogP contribution >= 0.6 is 0 Å². The van der Waals surface area contributed by atoms with Gasteiger partial charge in [0, 0.05) is 19.2 Å². The van der Waals surface area contributed by atoms with Gasteiger partial charge in [-0.3, -0.25) is 4.79 Å². The van der Waals surface area contributed by atoms with Crippen LogP contribution in [0.1, 0.15) is 45.4 Å². The Morgan fingerprint density at radius 1 is 1.58 bits per heavy atom. The molecule has 2 unspecified atom stereocenters. The third kappa shape index (κ3) is 4.09. The number of carbonyl (C=O) groups excluding carboxylic acids is 1. The third-order valence-corrected chi connectivity index (χ3v) is 3.70. The monoisotopic (exact) mass is 271 g/mol. The van der Waals surface area contributed by atoms with Crippen molar-refractivity contribution in [2.24, 2.45) is 16.8 Å². The Morgan fingerprint density at radius 3 is 2.89 bits per heavy atom. The lowest BCUT2D eigenvalue weighted by Gasteiger charge is -2.28. The molecule has 1 heterocycles. The van der Waals surface area contributed by atoms with E-state index in [1.807, 2.05) is 11.8 Å². The molecule has 4 N–H and O–H groups in total. The molecule has 0 aromatic rings. The van der Waals surface area contributed by atoms with Crippen molar-refractivity contribution in [3.8, 4) is 0 Å². The summed E-state index contributed by atoms with van der Waals surface area (Å²) >= 11 is 0. The Morgan fingerprint density at radius 2 is 2.32 bits per heavy atom. The molecule has 0 aromatic carbocycles. The molecule has 1 saturated heterocycles. The fourth-order valence-corrected chi connectivity index (χ4v) is 2.71. The molecular weight excluding hydrogens is 246 g/mol. The summed E-state index contributed by atoms with van der Waals surface area (Å²) in [6.07, 6.45) is 4.88. The Hall–Kier alpha value is -1.30. The predicted octanol–water partition coefficient (Wildman–Crippen LogP) is 0.913. The molecule has 1 fully saturated rings. The smallest absolute Gasteiger partial charge is 0.233 e. The summed E-state index contributed by atoms with van der Waals surface area (Å²) in [5.74, 6) is -0.568. The van der Waals surface area contributed by atoms with Gasteiger partial charge < -0.3 is 20.9 Å². The van der Waals surface area contributed by atoms with Gasteiger partial charge >= 0.3 is 0 Å². The Kier molecular flexibility index (Phi) is 6.62. The van der Waals surface area contributed by atoms with Crippen LogP contribution in [0.4, 0.5) is 0 Å². The first-order valence-electron chi connectivity index (χ1n) is 7.04. The van der Waals surface area contributed by atoms with Gasteiger partial charge in [-0.15, -0.1) is 0 Å². The van der Waals surface area contributed by atoms with Gasteiger partial charge in [0.15, 0.2) is 5.84 Å². The summed E-state index contributed by atoms with van der Waals surface area (Å²) in [5.41, 5.74) is 5.63. The van der Waals surface area contributed by atoms with Gasteiger partial charge in [-0.2, -0.15) is 0 Å². The maximum Gasteiger partial charge on any atom is 0.233 e. The molecule has 19 heavy (non-hydrogen) atoms. The van der Waals surface area contributed by atoms with Crippen molar-refractivity contribution in [1.82, 2.24) is 4.90 Å². The number of nitrogens with zero attached hydrogens (tertiary/aromatic N) is 2. The number of hydrogen-bond acceptors (Lipinski definition) is 4. The minimum atomic E-state index is -0.523. The number of carbonyl (C=O) groups is 1. The minimum absolute atomic E-state index is 0.000316. The van der Waals surface area contributed by atoms with E-state index >= 15 is 0 Å². The molecule has 0 saturated carbocycles. The second-order valence-electron chi connectivity index (χ2n) is 5.06. The molecule has 1 rings (SSSR count). The number of rotatable bonds is 7. The second kappa shape index (κ2) is 7.99. The zero-order valence-corrected chi connectivity index (χ0v) is 11.6. The number of nitrogens with two attached hydrogens (primary N) is 1. The number of aliphatic hydroxyl groups excluding tert-OH is 1. The van der Waals surface area contributed by atoms with Crippen molar-refractivity contribution >= 4 is 11.7 Å². The number of amidine groups is 1. The van der Waals surface area contributed by atoms with Crippen LogP contribution in [0.25, 0.3) is 0 Å². The molecule has 0 radical (unpaired) electrons. The van der Waals surface area contributed by atoms with Crippen molar-refractivity contribution in [3.63, 3.8) is 0 Å². The van der Waals surface area contributed by atoms with Gasteiger partial charge in [0.25, 0.3) is 0 Å². The van der Waals surface area contributed by atoms with Gasteiger partial charge in [-0.1, -0.05) is 18.5 Å². The molecule has 1 aliphatic rings. The van der Waals surface area contributed by atoms with E-state index in [0.29, 0.717) is 12.8 Å². The molecule has 110 valence electrons. The van der Waals surface area contributed by atoms with E-state index in [1.54, 1.807) is 0 Å². The van der Waals surface area contributed by atoms with E-state index in [-0.39, 0.29) is 24.4 Å². The summed E-state index contributed by atoms with van der Waals surface area (Å²) in [6.45, 7) is 2.85. The molecule has 1 amide bonds. The number of amides is 1. The van der Waals surface area contributed by atoms with Crippen LogP contribution in [0.5, 0.6) is 0 Å². The molecule has 0 aliphatic carbocycles. The van der Waals surface area contributed by atoms with E-state index < -0.39 is 5.92 Å². The molecule has 6 nitrogen and oxygen atoms in total. The first-order chi connectivity index (χ1) is 9.15. The molecule has 0 bridgehead atoms. The van der Waals surface area contributed by atoms with E-state index in [2.05, 4.69) is 5.16 Å². The zero-order valence-electron chi connectivity index (χ0n) is 11.6. The summed E-state index contributed by atoms with van der Waals surface area (Å²) < 4.78 is 0. The maximum atomic E-state index is 12.5. The summed E-state index contributed by atoms with van der Waals surface area (Å²) in [6, 6.07) is 0.186. The van der Waals surface area contributed by atoms with Gasteiger partial charge in [0.05, 0.1) is 5.92 Å². The normalized spacial score (nSPS) is 21.7. The van der Waals surface area contributed by atoms with Crippen LogP contribution in [-0.4, -0.2) is 46.1 Å². The van der Waals surface area contributed by atoms with E-state index in [1.165, 1.54) is 0 Å². The highest BCUT2D eigenvalue weighted by Crippen LogP contribution is 2.24. The number of oxime groups is 1. The summed E-state index contributed by atoms with van der Waals surface area (Å²) in [5, 5.41) is 20.7. The van der Waals surface area contributed by atoms with Gasteiger partial charge in [0.2, 0.25) is 5.91 Å². The number of aliphatic hydroxyl groups is 1. The van der Waals surface area contributed by atoms with E-state index in [4.69, 9.17) is 16.0 Å². The van der Waals surface area contributed by atoms with Crippen LogP contribution in [0, 0.1) is 5.92 Å². The topological polar surface area (TPSA) is 99.2 Å². The lowest BCUT2D eigenvalue weighted by molar-refractivity contribution is -0.134. The van der Waals surface area contributed by atoms with Crippen LogP contribution in [0.3, 0.4) is 0 Å². The van der Waals surface area contributed by atoms with Crippen molar-refractivity contribution in [2.75, 3.05) is 13.2 Å². The first-order valence-corrected chi connectivity index (χ1v) is 7.04. The van der Waals surface area contributed by atoms with Gasteiger partial charge in [-0.05, 0) is 32.1 Å². The Balaban J connectivity index is 2.72. The van der Waals surface area contributed by atoms with E-state index in [9.17, 15) is 4.79 Å². The second-order valence-corrected chi connectivity index (χ2v) is 5.06. The van der Waals surface area contributed by atoms with Crippen molar-refractivity contribution < 1.29 is 15.1 Å². The Bertz CT molecular complexity index is 320. The predicted molar refractivity (Wildman–Crippen MR) is 72.9 cm³/mol. The number of hydrogen-bond donors (Lipinski definition) is 3. The van der Waals surface area contributed by atoms with Crippen molar-refractivity contribution in [2.45, 2.75) is 51.5 Å². The first kappa shape index (κ1) is 15.8. The molecule has 0 aromatic heterocycles. The van der Waals surface area contributed by atoms with Gasteiger partial charge in [0.1, 0.15) is 0 Å². The highest BCUT2D eigenvalue weighted by atomic mass is 16.4. The lowest BCUT2D eigenvalue weighted by atomic mass is 9.99. The molecule has 6 heteroatoms. The zero-order chi connectivity index (χ0) is 14.3. The highest BCUT2D eigenvalue weighted by Gasteiger charge is 2.34. The molecule has 0 spiro atoms. The van der Waals surface area contributed by atoms with Crippen LogP contribution in [0.2, 0.25) is 0 Å². The largest absolute Gasteiger partial charge is 0.409 e. The SMILES string of the molecule is CCCC(C(=O)N1CCCC1CCCO)C(N)=NO. The highest BCUT2D eigenvalue weighted by molar-refractivity contribution is 6.02. The molecule has 1 aliphatic heterocycles. The third-order valence-electron chi connectivity index (χ3n) is 3.70. The average molecular weight is 271 g/mol. The standard InChI is InChI=1S/C13H25N3O3/c1-2-5-11(12(14)15-19)13(18)16-8-3-6-10(16)7-4-9-17/h10-11,17,19H,2-9H2,1H3,(H2,14,15). The van der Waals surface area contributed by atoms with Crippen LogP contribution < -0.4 is 5.73 Å². The fourth-order valence-electron chi connectivity index (χ4n) is 2.71. The van der Waals surface area contributed by atoms with Crippen LogP contribution in [-0.2, 0) is 4.79 Å². The average Bonchev–Trinajstić information content (AvgIpc) is 2.89. The lowest BCUT2D eigenvalue weighted by Crippen LogP contribution is -2.44. The summed E-state index contributed by atoms with van der Waals surface area (Å²) in [4.78, 5) is 14.3. The molecule has 2 atom stereocenters. The van der Waals surface area contributed by atoms with Crippen molar-refractivity contribution in [3.05, 3.63) is 0 Å². The number of likely N-dealkylation sites (tertiary alicyclic amines) is 1. The van der Waals surface area contributed by atoms with Crippen molar-refractivity contribution in [1.29, 1.82) is 0 Å². The van der Waals surface area contributed by atoms with Crippen LogP contribution in [0.15, 0.2) is 5.16 Å². The summed E-state index contributed by atoms with van der Waals surface area (Å²) in [7, 11) is 0. The fraction of sp³-hybridized carbons (Fsp3) is 0.846. The minimum Gasteiger partial charge on any atom is -0.409 e. The molecular formula is C13H25N3O3. The van der Waals surface area contributed by atoms with Gasteiger partial charge in [-0.25, -0.2) is 0 Å². The van der Waals surface area contributed by atoms with E-state index in [0.717, 1.165) is 32.2 Å². The Labute approximate surface area is 114 Å².